The molecule has 2 saturated carbocycles. The summed E-state index contributed by atoms with van der Waals surface area (Å²) in [7, 11) is 0. The molecule has 5 heteroatoms. The van der Waals surface area contributed by atoms with E-state index in [-0.39, 0.29) is 42.6 Å². The number of aliphatic hydroxyl groups is 1. The molecule has 0 aromatic carbocycles. The van der Waals surface area contributed by atoms with Crippen LogP contribution >= 0.6 is 0 Å². The van der Waals surface area contributed by atoms with Gasteiger partial charge in [-0.2, -0.15) is 0 Å². The van der Waals surface area contributed by atoms with E-state index in [0.29, 0.717) is 0 Å². The molecule has 2 fully saturated rings. The van der Waals surface area contributed by atoms with Crippen molar-refractivity contribution in [3.8, 4) is 0 Å². The summed E-state index contributed by atoms with van der Waals surface area (Å²) < 4.78 is 4.57. The Morgan fingerprint density at radius 3 is 1.74 bits per heavy atom. The number of ether oxygens (including phenoxy) is 1. The van der Waals surface area contributed by atoms with Crippen LogP contribution in [0.15, 0.2) is 0 Å². The van der Waals surface area contributed by atoms with Crippen molar-refractivity contribution >= 4 is 17.5 Å². The Hall–Kier alpha value is -1.23. The molecule has 0 atom stereocenters. The Morgan fingerprint density at radius 2 is 1.47 bits per heavy atom. The maximum absolute atomic E-state index is 11.1. The third-order valence-corrected chi connectivity index (χ3v) is 3.69. The first kappa shape index (κ1) is 15.8. The molecule has 0 spiro atoms. The Labute approximate surface area is 113 Å². The molecule has 2 aliphatic rings. The van der Waals surface area contributed by atoms with Crippen molar-refractivity contribution in [2.45, 2.75) is 45.4 Å². The monoisotopic (exact) mass is 270 g/mol. The first-order valence-electron chi connectivity index (χ1n) is 6.84. The van der Waals surface area contributed by atoms with Crippen molar-refractivity contribution in [2.24, 2.45) is 11.8 Å². The minimum Gasteiger partial charge on any atom is -0.458 e. The highest BCUT2D eigenvalue weighted by Gasteiger charge is 2.25. The largest absolute Gasteiger partial charge is 0.458 e. The average Bonchev–Trinajstić information content (AvgIpc) is 2.22. The van der Waals surface area contributed by atoms with E-state index in [1.165, 1.54) is 6.92 Å². The molecule has 5 nitrogen and oxygen atoms in total. The second-order valence-electron chi connectivity index (χ2n) is 5.13. The molecule has 0 heterocycles. The van der Waals surface area contributed by atoms with Gasteiger partial charge in [-0.05, 0) is 25.7 Å². The summed E-state index contributed by atoms with van der Waals surface area (Å²) in [5, 5.41) is 8.32. The molecule has 0 aromatic heterocycles. The third kappa shape index (κ3) is 5.51. The highest BCUT2D eigenvalue weighted by molar-refractivity contribution is 5.84. The van der Waals surface area contributed by atoms with Gasteiger partial charge in [0.05, 0.1) is 0 Å². The highest BCUT2D eigenvalue weighted by atomic mass is 16.5. The van der Waals surface area contributed by atoms with Crippen LogP contribution in [0.4, 0.5) is 0 Å². The molecule has 108 valence electrons. The quantitative estimate of drug-likeness (QED) is 0.761. The van der Waals surface area contributed by atoms with Crippen molar-refractivity contribution in [2.75, 3.05) is 13.2 Å². The predicted octanol–water partition coefficient (Wildman–Crippen LogP) is 1.27. The number of rotatable bonds is 5. The maximum atomic E-state index is 11.1. The van der Waals surface area contributed by atoms with Gasteiger partial charge in [-0.1, -0.05) is 12.8 Å². The van der Waals surface area contributed by atoms with E-state index >= 15 is 0 Å². The zero-order valence-corrected chi connectivity index (χ0v) is 11.4. The molecule has 1 N–H and O–H groups in total. The Balaban J connectivity index is 0.000000200. The van der Waals surface area contributed by atoms with Crippen molar-refractivity contribution in [3.05, 3.63) is 0 Å². The Morgan fingerprint density at radius 1 is 1.00 bits per heavy atom. The van der Waals surface area contributed by atoms with Crippen LogP contribution < -0.4 is 0 Å². The van der Waals surface area contributed by atoms with Crippen LogP contribution in [0.3, 0.4) is 0 Å². The normalized spacial score (nSPS) is 18.4. The highest BCUT2D eigenvalue weighted by Crippen LogP contribution is 2.27. The number of aliphatic hydroxyl groups excluding tert-OH is 1. The number of esters is 1. The van der Waals surface area contributed by atoms with Gasteiger partial charge in [0.15, 0.2) is 11.6 Å². The van der Waals surface area contributed by atoms with Gasteiger partial charge in [0.1, 0.15) is 13.2 Å². The fourth-order valence-electron chi connectivity index (χ4n) is 1.88. The summed E-state index contributed by atoms with van der Waals surface area (Å²) >= 11 is 0. The number of carbonyl (C=O) groups is 3. The predicted molar refractivity (Wildman–Crippen MR) is 68.4 cm³/mol. The summed E-state index contributed by atoms with van der Waals surface area (Å²) in [6.45, 7) is 1.03. The first-order valence-corrected chi connectivity index (χ1v) is 6.84. The standard InChI is InChI=1S/C8H12O3.C6H10O2/c1-6(9)11-5-8(10)7-3-2-4-7;7-4-6(8)5-2-1-3-5/h7H,2-5H2,1H3;5,7H,1-4H2. The van der Waals surface area contributed by atoms with Gasteiger partial charge in [-0.3, -0.25) is 14.4 Å². The average molecular weight is 270 g/mol. The molecule has 0 aliphatic heterocycles. The lowest BCUT2D eigenvalue weighted by molar-refractivity contribution is -0.147. The number of ketones is 2. The Bertz CT molecular complexity index is 329. The van der Waals surface area contributed by atoms with E-state index in [1.807, 2.05) is 0 Å². The van der Waals surface area contributed by atoms with Gasteiger partial charge in [0.25, 0.3) is 0 Å². The van der Waals surface area contributed by atoms with Crippen molar-refractivity contribution in [3.63, 3.8) is 0 Å². The fourth-order valence-corrected chi connectivity index (χ4v) is 1.88. The van der Waals surface area contributed by atoms with Crippen LogP contribution in [0.2, 0.25) is 0 Å². The lowest BCUT2D eigenvalue weighted by atomic mass is 9.82. The second kappa shape index (κ2) is 8.04. The first-order chi connectivity index (χ1) is 9.04. The molecular weight excluding hydrogens is 248 g/mol. The van der Waals surface area contributed by atoms with Crippen LogP contribution in [-0.4, -0.2) is 35.9 Å². The summed E-state index contributed by atoms with van der Waals surface area (Å²) in [5.41, 5.74) is 0. The molecule has 19 heavy (non-hydrogen) atoms. The van der Waals surface area contributed by atoms with E-state index < -0.39 is 0 Å². The van der Waals surface area contributed by atoms with E-state index in [9.17, 15) is 14.4 Å². The summed E-state index contributed by atoms with van der Waals surface area (Å²) in [5.74, 6) is 0.106. The van der Waals surface area contributed by atoms with Crippen molar-refractivity contribution < 1.29 is 24.2 Å². The summed E-state index contributed by atoms with van der Waals surface area (Å²) in [4.78, 5) is 31.9. The number of hydrogen-bond acceptors (Lipinski definition) is 5. The lowest BCUT2D eigenvalue weighted by Gasteiger charge is -2.23. The van der Waals surface area contributed by atoms with Gasteiger partial charge in [0.2, 0.25) is 0 Å². The SMILES string of the molecule is CC(=O)OCC(=O)C1CCC1.O=C(CO)C1CCC1. The summed E-state index contributed by atoms with van der Waals surface area (Å²) in [6, 6.07) is 0. The number of hydrogen-bond donors (Lipinski definition) is 1. The minimum atomic E-state index is -0.377. The smallest absolute Gasteiger partial charge is 0.303 e. The van der Waals surface area contributed by atoms with Gasteiger partial charge in [-0.25, -0.2) is 0 Å². The molecule has 0 radical (unpaired) electrons. The number of Topliss-reactive ketones (excluding diaryl/α,β-unsaturated/α-hetero) is 2. The van der Waals surface area contributed by atoms with Gasteiger partial charge < -0.3 is 9.84 Å². The second-order valence-corrected chi connectivity index (χ2v) is 5.13. The van der Waals surface area contributed by atoms with E-state index in [0.717, 1.165) is 38.5 Å². The van der Waals surface area contributed by atoms with Crippen molar-refractivity contribution in [1.29, 1.82) is 0 Å². The topological polar surface area (TPSA) is 80.7 Å². The molecule has 2 aliphatic carbocycles. The van der Waals surface area contributed by atoms with Gasteiger partial charge in [-0.15, -0.1) is 0 Å². The van der Waals surface area contributed by atoms with Crippen LogP contribution in [0, 0.1) is 11.8 Å². The Kier molecular flexibility index (Phi) is 6.70. The lowest BCUT2D eigenvalue weighted by Crippen LogP contribution is -2.26. The molecule has 0 unspecified atom stereocenters. The molecular formula is C14H22O5. The van der Waals surface area contributed by atoms with Gasteiger partial charge in [0, 0.05) is 18.8 Å². The van der Waals surface area contributed by atoms with Gasteiger partial charge >= 0.3 is 5.97 Å². The summed E-state index contributed by atoms with van der Waals surface area (Å²) in [6.07, 6.45) is 6.24. The van der Waals surface area contributed by atoms with E-state index in [4.69, 9.17) is 5.11 Å². The fraction of sp³-hybridized carbons (Fsp3) is 0.786. The molecule has 0 bridgehead atoms. The van der Waals surface area contributed by atoms with Crippen LogP contribution in [0.1, 0.15) is 45.4 Å². The minimum absolute atomic E-state index is 0.0243. The van der Waals surface area contributed by atoms with Crippen molar-refractivity contribution in [1.82, 2.24) is 0 Å². The zero-order valence-electron chi connectivity index (χ0n) is 11.4. The van der Waals surface area contributed by atoms with Crippen LogP contribution in [-0.2, 0) is 19.1 Å². The maximum Gasteiger partial charge on any atom is 0.303 e. The molecule has 0 saturated heterocycles. The zero-order chi connectivity index (χ0) is 14.3. The molecule has 0 amide bonds. The van der Waals surface area contributed by atoms with Crippen LogP contribution in [0.25, 0.3) is 0 Å². The third-order valence-electron chi connectivity index (χ3n) is 3.69. The molecule has 0 aromatic rings. The molecule has 2 rings (SSSR count). The van der Waals surface area contributed by atoms with E-state index in [1.54, 1.807) is 0 Å². The van der Waals surface area contributed by atoms with Crippen LogP contribution in [0.5, 0.6) is 0 Å². The number of carbonyl (C=O) groups excluding carboxylic acids is 3. The van der Waals surface area contributed by atoms with E-state index in [2.05, 4.69) is 4.74 Å².